The minimum absolute atomic E-state index is 0.662. The van der Waals surface area contributed by atoms with Gasteiger partial charge in [-0.05, 0) is 38.5 Å². The van der Waals surface area contributed by atoms with Crippen LogP contribution in [0, 0.1) is 0 Å². The van der Waals surface area contributed by atoms with Crippen molar-refractivity contribution < 1.29 is 0 Å². The van der Waals surface area contributed by atoms with Crippen molar-refractivity contribution in [2.75, 3.05) is 11.4 Å². The molecular formula is C15H25N3S. The lowest BCUT2D eigenvalue weighted by Gasteiger charge is -2.35. The van der Waals surface area contributed by atoms with Gasteiger partial charge in [-0.15, -0.1) is 11.3 Å². The molecule has 1 saturated carbocycles. The van der Waals surface area contributed by atoms with Gasteiger partial charge in [-0.2, -0.15) is 0 Å². The third kappa shape index (κ3) is 2.79. The highest BCUT2D eigenvalue weighted by atomic mass is 32.1. The summed E-state index contributed by atoms with van der Waals surface area (Å²) in [7, 11) is 0. The Kier molecular flexibility index (Phi) is 4.08. The molecule has 2 N–H and O–H groups in total. The first-order valence-corrected chi connectivity index (χ1v) is 8.61. The Morgan fingerprint density at radius 2 is 2.16 bits per heavy atom. The number of hydrogen-bond acceptors (Lipinski definition) is 4. The second kappa shape index (κ2) is 5.80. The standard InChI is InChI=1S/C15H25N3S/c1-2-5-12-6-3-4-9-18(12)15-17-14(11-7-8-11)13(10-16)19-15/h11-12H,2-10,16H2,1H3. The number of thiazole rings is 1. The average Bonchev–Trinajstić information content (AvgIpc) is 3.19. The van der Waals surface area contributed by atoms with Gasteiger partial charge in [0.15, 0.2) is 5.13 Å². The van der Waals surface area contributed by atoms with Crippen molar-refractivity contribution in [2.45, 2.75) is 70.4 Å². The maximum Gasteiger partial charge on any atom is 0.186 e. The molecule has 0 amide bonds. The lowest BCUT2D eigenvalue weighted by molar-refractivity contribution is 0.434. The fourth-order valence-electron chi connectivity index (χ4n) is 3.18. The Hall–Kier alpha value is -0.610. The first kappa shape index (κ1) is 13.4. The minimum Gasteiger partial charge on any atom is -0.345 e. The fraction of sp³-hybridized carbons (Fsp3) is 0.800. The summed E-state index contributed by atoms with van der Waals surface area (Å²) in [4.78, 5) is 8.87. The summed E-state index contributed by atoms with van der Waals surface area (Å²) in [5, 5.41) is 1.25. The lowest BCUT2D eigenvalue weighted by atomic mass is 9.99. The van der Waals surface area contributed by atoms with Crippen LogP contribution in [0.1, 0.15) is 68.4 Å². The number of aromatic nitrogens is 1. The van der Waals surface area contributed by atoms with Gasteiger partial charge in [0, 0.05) is 29.9 Å². The molecule has 0 radical (unpaired) electrons. The summed E-state index contributed by atoms with van der Waals surface area (Å²) in [6.07, 6.45) is 9.23. The van der Waals surface area contributed by atoms with E-state index in [1.807, 2.05) is 11.3 Å². The number of piperidine rings is 1. The van der Waals surface area contributed by atoms with Crippen LogP contribution in [0.5, 0.6) is 0 Å². The normalized spacial score (nSPS) is 23.9. The number of nitrogens with zero attached hydrogens (tertiary/aromatic N) is 2. The Labute approximate surface area is 120 Å². The highest BCUT2D eigenvalue weighted by molar-refractivity contribution is 7.15. The average molecular weight is 279 g/mol. The van der Waals surface area contributed by atoms with Gasteiger partial charge in [-0.3, -0.25) is 0 Å². The van der Waals surface area contributed by atoms with Gasteiger partial charge >= 0.3 is 0 Å². The first-order chi connectivity index (χ1) is 9.33. The van der Waals surface area contributed by atoms with Crippen molar-refractivity contribution >= 4 is 16.5 Å². The second-order valence-electron chi connectivity index (χ2n) is 5.91. The Bertz CT molecular complexity index is 423. The third-order valence-corrected chi connectivity index (χ3v) is 5.49. The number of rotatable bonds is 5. The van der Waals surface area contributed by atoms with E-state index in [0.29, 0.717) is 12.6 Å². The SMILES string of the molecule is CCCC1CCCCN1c1nc(C2CC2)c(CN)s1. The van der Waals surface area contributed by atoms with Crippen molar-refractivity contribution in [1.29, 1.82) is 0 Å². The van der Waals surface area contributed by atoms with E-state index in [1.54, 1.807) is 0 Å². The summed E-state index contributed by atoms with van der Waals surface area (Å²) in [5.74, 6) is 0.720. The van der Waals surface area contributed by atoms with E-state index in [0.717, 1.165) is 5.92 Å². The second-order valence-corrected chi connectivity index (χ2v) is 6.98. The van der Waals surface area contributed by atoms with Crippen LogP contribution in [0.15, 0.2) is 0 Å². The van der Waals surface area contributed by atoms with Gasteiger partial charge in [-0.25, -0.2) is 4.98 Å². The van der Waals surface area contributed by atoms with Crippen LogP contribution in [-0.2, 0) is 6.54 Å². The minimum atomic E-state index is 0.662. The summed E-state index contributed by atoms with van der Waals surface area (Å²) in [6, 6.07) is 0.711. The zero-order valence-corrected chi connectivity index (χ0v) is 12.7. The van der Waals surface area contributed by atoms with E-state index in [9.17, 15) is 0 Å². The molecule has 3 rings (SSSR count). The summed E-state index contributed by atoms with van der Waals surface area (Å²) in [6.45, 7) is 4.14. The molecule has 2 aliphatic rings. The molecule has 1 aliphatic heterocycles. The molecule has 1 saturated heterocycles. The van der Waals surface area contributed by atoms with Gasteiger partial charge in [0.25, 0.3) is 0 Å². The van der Waals surface area contributed by atoms with Crippen LogP contribution in [0.3, 0.4) is 0 Å². The Morgan fingerprint density at radius 1 is 1.32 bits per heavy atom. The van der Waals surface area contributed by atoms with E-state index in [-0.39, 0.29) is 0 Å². The van der Waals surface area contributed by atoms with E-state index < -0.39 is 0 Å². The topological polar surface area (TPSA) is 42.2 Å². The molecule has 1 aliphatic carbocycles. The van der Waals surface area contributed by atoms with Crippen molar-refractivity contribution in [1.82, 2.24) is 4.98 Å². The molecule has 4 heteroatoms. The highest BCUT2D eigenvalue weighted by Crippen LogP contribution is 2.44. The van der Waals surface area contributed by atoms with Crippen LogP contribution >= 0.6 is 11.3 Å². The zero-order valence-electron chi connectivity index (χ0n) is 11.9. The van der Waals surface area contributed by atoms with Crippen LogP contribution < -0.4 is 10.6 Å². The Morgan fingerprint density at radius 3 is 2.84 bits per heavy atom. The molecule has 2 fully saturated rings. The molecule has 2 heterocycles. The van der Waals surface area contributed by atoms with E-state index >= 15 is 0 Å². The molecule has 1 atom stereocenters. The van der Waals surface area contributed by atoms with E-state index in [4.69, 9.17) is 10.7 Å². The highest BCUT2D eigenvalue weighted by Gasteiger charge is 2.31. The molecular weight excluding hydrogens is 254 g/mol. The van der Waals surface area contributed by atoms with Crippen molar-refractivity contribution in [3.8, 4) is 0 Å². The molecule has 3 nitrogen and oxygen atoms in total. The van der Waals surface area contributed by atoms with Gasteiger partial charge in [-0.1, -0.05) is 13.3 Å². The summed E-state index contributed by atoms with van der Waals surface area (Å²) < 4.78 is 0. The van der Waals surface area contributed by atoms with Crippen LogP contribution in [-0.4, -0.2) is 17.6 Å². The molecule has 1 unspecified atom stereocenters. The van der Waals surface area contributed by atoms with E-state index in [2.05, 4.69) is 11.8 Å². The summed E-state index contributed by atoms with van der Waals surface area (Å²) in [5.41, 5.74) is 7.23. The van der Waals surface area contributed by atoms with E-state index in [1.165, 1.54) is 67.2 Å². The maximum atomic E-state index is 5.90. The number of hydrogen-bond donors (Lipinski definition) is 1. The smallest absolute Gasteiger partial charge is 0.186 e. The molecule has 0 bridgehead atoms. The maximum absolute atomic E-state index is 5.90. The summed E-state index contributed by atoms with van der Waals surface area (Å²) >= 11 is 1.85. The molecule has 19 heavy (non-hydrogen) atoms. The van der Waals surface area contributed by atoms with Gasteiger partial charge in [0.2, 0.25) is 0 Å². The first-order valence-electron chi connectivity index (χ1n) is 7.79. The van der Waals surface area contributed by atoms with Crippen molar-refractivity contribution in [3.05, 3.63) is 10.6 Å². The monoisotopic (exact) mass is 279 g/mol. The molecule has 1 aromatic heterocycles. The molecule has 0 aromatic carbocycles. The number of nitrogens with two attached hydrogens (primary N) is 1. The molecule has 1 aromatic rings. The lowest BCUT2D eigenvalue weighted by Crippen LogP contribution is -2.39. The van der Waals surface area contributed by atoms with Crippen LogP contribution in [0.4, 0.5) is 5.13 Å². The molecule has 106 valence electrons. The zero-order chi connectivity index (χ0) is 13.2. The third-order valence-electron chi connectivity index (χ3n) is 4.36. The number of anilines is 1. The van der Waals surface area contributed by atoms with Gasteiger partial charge < -0.3 is 10.6 Å². The predicted octanol–water partition coefficient (Wildman–Crippen LogP) is 3.64. The Balaban J connectivity index is 1.82. The predicted molar refractivity (Wildman–Crippen MR) is 81.9 cm³/mol. The van der Waals surface area contributed by atoms with Crippen LogP contribution in [0.25, 0.3) is 0 Å². The fourth-order valence-corrected chi connectivity index (χ4v) is 4.30. The van der Waals surface area contributed by atoms with Gasteiger partial charge in [0.1, 0.15) is 0 Å². The largest absolute Gasteiger partial charge is 0.345 e. The van der Waals surface area contributed by atoms with Crippen LogP contribution in [0.2, 0.25) is 0 Å². The quantitative estimate of drug-likeness (QED) is 0.894. The van der Waals surface area contributed by atoms with Gasteiger partial charge in [0.05, 0.1) is 5.69 Å². The molecule has 0 spiro atoms. The van der Waals surface area contributed by atoms with Crippen molar-refractivity contribution in [2.24, 2.45) is 5.73 Å². The van der Waals surface area contributed by atoms with Crippen molar-refractivity contribution in [3.63, 3.8) is 0 Å².